The molecule has 0 aromatic heterocycles. The predicted molar refractivity (Wildman–Crippen MR) is 78.9 cm³/mol. The fourth-order valence-electron chi connectivity index (χ4n) is 2.29. The second-order valence-corrected chi connectivity index (χ2v) is 5.29. The molecule has 0 radical (unpaired) electrons. The Kier molecular flexibility index (Phi) is 4.73. The van der Waals surface area contributed by atoms with Crippen LogP contribution >= 0.6 is 0 Å². The summed E-state index contributed by atoms with van der Waals surface area (Å²) in [5.74, 6) is -0.572. The number of nitrogens with one attached hydrogen (secondary N) is 1. The first-order valence-corrected chi connectivity index (χ1v) is 7.29. The highest BCUT2D eigenvalue weighted by Crippen LogP contribution is 2.22. The monoisotopic (exact) mass is 288 g/mol. The first-order chi connectivity index (χ1) is 10.0. The van der Waals surface area contributed by atoms with Crippen LogP contribution in [0.4, 0.5) is 0 Å². The molecule has 0 fully saturated rings. The normalized spacial score (nSPS) is 15.0. The molecule has 0 bridgehead atoms. The summed E-state index contributed by atoms with van der Waals surface area (Å²) in [6.07, 6.45) is 1.68. The second kappa shape index (κ2) is 6.52. The third-order valence-electron chi connectivity index (χ3n) is 3.68. The number of amides is 3. The average molecular weight is 288 g/mol. The first kappa shape index (κ1) is 15.2. The van der Waals surface area contributed by atoms with Crippen LogP contribution in [0.5, 0.6) is 0 Å². The molecule has 1 heterocycles. The number of hydrogen-bond donors (Lipinski definition) is 1. The van der Waals surface area contributed by atoms with Gasteiger partial charge in [0, 0.05) is 19.0 Å². The molecule has 1 aliphatic heterocycles. The number of hydrogen-bond acceptors (Lipinski definition) is 3. The zero-order valence-electron chi connectivity index (χ0n) is 12.4. The summed E-state index contributed by atoms with van der Waals surface area (Å²) in [6, 6.07) is 6.95. The molecule has 112 valence electrons. The van der Waals surface area contributed by atoms with Gasteiger partial charge in [-0.1, -0.05) is 19.1 Å². The Morgan fingerprint density at radius 2 is 1.76 bits per heavy atom. The Morgan fingerprint density at radius 3 is 2.29 bits per heavy atom. The number of fused-ring (bicyclic) bond motifs is 1. The van der Waals surface area contributed by atoms with Crippen LogP contribution in [-0.4, -0.2) is 35.2 Å². The van der Waals surface area contributed by atoms with Gasteiger partial charge in [0.2, 0.25) is 5.91 Å². The van der Waals surface area contributed by atoms with Gasteiger partial charge in [-0.05, 0) is 31.9 Å². The third kappa shape index (κ3) is 3.29. The molecule has 5 nitrogen and oxygen atoms in total. The SMILES string of the molecule is CC[C@@H](C)NC(=O)CCCN1C(=O)c2ccccc2C1=O. The van der Waals surface area contributed by atoms with Gasteiger partial charge in [-0.15, -0.1) is 0 Å². The molecule has 21 heavy (non-hydrogen) atoms. The van der Waals surface area contributed by atoms with E-state index in [4.69, 9.17) is 0 Å². The minimum absolute atomic E-state index is 0.0408. The maximum Gasteiger partial charge on any atom is 0.261 e. The van der Waals surface area contributed by atoms with Crippen LogP contribution in [0.25, 0.3) is 0 Å². The summed E-state index contributed by atoms with van der Waals surface area (Å²) < 4.78 is 0. The molecule has 0 aliphatic carbocycles. The lowest BCUT2D eigenvalue weighted by atomic mass is 10.1. The maximum absolute atomic E-state index is 12.1. The Bertz CT molecular complexity index is 533. The standard InChI is InChI=1S/C16H20N2O3/c1-3-11(2)17-14(19)9-6-10-18-15(20)12-7-4-5-8-13(12)16(18)21/h4-5,7-8,11H,3,6,9-10H2,1-2H3,(H,17,19)/t11-/m1/s1. The van der Waals surface area contributed by atoms with Crippen molar-refractivity contribution in [1.82, 2.24) is 10.2 Å². The van der Waals surface area contributed by atoms with E-state index in [0.29, 0.717) is 24.0 Å². The maximum atomic E-state index is 12.1. The van der Waals surface area contributed by atoms with E-state index in [-0.39, 0.29) is 30.3 Å². The van der Waals surface area contributed by atoms with Crippen molar-refractivity contribution in [3.8, 4) is 0 Å². The fourth-order valence-corrected chi connectivity index (χ4v) is 2.29. The van der Waals surface area contributed by atoms with Gasteiger partial charge in [-0.25, -0.2) is 0 Å². The highest BCUT2D eigenvalue weighted by Gasteiger charge is 2.34. The third-order valence-corrected chi connectivity index (χ3v) is 3.68. The van der Waals surface area contributed by atoms with Gasteiger partial charge in [-0.2, -0.15) is 0 Å². The minimum atomic E-state index is -0.266. The van der Waals surface area contributed by atoms with Gasteiger partial charge in [-0.3, -0.25) is 19.3 Å². The number of carbonyl (C=O) groups excluding carboxylic acids is 3. The van der Waals surface area contributed by atoms with Gasteiger partial charge < -0.3 is 5.32 Å². The second-order valence-electron chi connectivity index (χ2n) is 5.29. The van der Waals surface area contributed by atoms with E-state index < -0.39 is 0 Å². The smallest absolute Gasteiger partial charge is 0.261 e. The Morgan fingerprint density at radius 1 is 1.19 bits per heavy atom. The minimum Gasteiger partial charge on any atom is -0.354 e. The summed E-state index contributed by atoms with van der Waals surface area (Å²) in [7, 11) is 0. The number of carbonyl (C=O) groups is 3. The molecule has 5 heteroatoms. The van der Waals surface area contributed by atoms with E-state index in [1.54, 1.807) is 24.3 Å². The molecular weight excluding hydrogens is 268 g/mol. The highest BCUT2D eigenvalue weighted by atomic mass is 16.2. The van der Waals surface area contributed by atoms with Crippen molar-refractivity contribution in [2.24, 2.45) is 0 Å². The van der Waals surface area contributed by atoms with Crippen LogP contribution in [0.1, 0.15) is 53.8 Å². The van der Waals surface area contributed by atoms with Crippen molar-refractivity contribution in [1.29, 1.82) is 0 Å². The zero-order chi connectivity index (χ0) is 15.4. The van der Waals surface area contributed by atoms with E-state index >= 15 is 0 Å². The van der Waals surface area contributed by atoms with Crippen molar-refractivity contribution >= 4 is 17.7 Å². The van der Waals surface area contributed by atoms with E-state index in [9.17, 15) is 14.4 Å². The van der Waals surface area contributed by atoms with Gasteiger partial charge >= 0.3 is 0 Å². The fraction of sp³-hybridized carbons (Fsp3) is 0.438. The molecule has 0 saturated carbocycles. The van der Waals surface area contributed by atoms with Crippen LogP contribution in [-0.2, 0) is 4.79 Å². The Labute approximate surface area is 124 Å². The van der Waals surface area contributed by atoms with Gasteiger partial charge in [0.05, 0.1) is 11.1 Å². The number of nitrogens with zero attached hydrogens (tertiary/aromatic N) is 1. The van der Waals surface area contributed by atoms with Crippen molar-refractivity contribution < 1.29 is 14.4 Å². The summed E-state index contributed by atoms with van der Waals surface area (Å²) in [5.41, 5.74) is 0.901. The topological polar surface area (TPSA) is 66.5 Å². The van der Waals surface area contributed by atoms with Crippen molar-refractivity contribution in [2.75, 3.05) is 6.54 Å². The molecule has 0 unspecified atom stereocenters. The molecule has 1 N–H and O–H groups in total. The van der Waals surface area contributed by atoms with Crippen LogP contribution in [0, 0.1) is 0 Å². The van der Waals surface area contributed by atoms with Gasteiger partial charge in [0.25, 0.3) is 11.8 Å². The van der Waals surface area contributed by atoms with E-state index in [2.05, 4.69) is 5.32 Å². The molecule has 2 rings (SSSR count). The number of rotatable bonds is 6. The molecule has 0 spiro atoms. The molecule has 1 aromatic carbocycles. The van der Waals surface area contributed by atoms with E-state index in [1.807, 2.05) is 13.8 Å². The molecule has 1 aliphatic rings. The van der Waals surface area contributed by atoms with Crippen LogP contribution in [0.3, 0.4) is 0 Å². The van der Waals surface area contributed by atoms with Crippen molar-refractivity contribution in [2.45, 2.75) is 39.2 Å². The molecule has 1 atom stereocenters. The highest BCUT2D eigenvalue weighted by molar-refractivity contribution is 6.21. The summed E-state index contributed by atoms with van der Waals surface area (Å²) in [4.78, 5) is 37.1. The summed E-state index contributed by atoms with van der Waals surface area (Å²) >= 11 is 0. The van der Waals surface area contributed by atoms with Gasteiger partial charge in [0.15, 0.2) is 0 Å². The lowest BCUT2D eigenvalue weighted by Gasteiger charge is -2.14. The van der Waals surface area contributed by atoms with E-state index in [1.165, 1.54) is 4.90 Å². The van der Waals surface area contributed by atoms with Crippen LogP contribution in [0.15, 0.2) is 24.3 Å². The summed E-state index contributed by atoms with van der Waals surface area (Å²) in [6.45, 7) is 4.23. The van der Waals surface area contributed by atoms with Crippen LogP contribution in [0.2, 0.25) is 0 Å². The quantitative estimate of drug-likeness (QED) is 0.814. The number of imide groups is 1. The van der Waals surface area contributed by atoms with Crippen molar-refractivity contribution in [3.05, 3.63) is 35.4 Å². The average Bonchev–Trinajstić information content (AvgIpc) is 2.72. The molecule has 3 amide bonds. The zero-order valence-corrected chi connectivity index (χ0v) is 12.4. The predicted octanol–water partition coefficient (Wildman–Crippen LogP) is 1.98. The largest absolute Gasteiger partial charge is 0.354 e. The lowest BCUT2D eigenvalue weighted by molar-refractivity contribution is -0.121. The van der Waals surface area contributed by atoms with Crippen molar-refractivity contribution in [3.63, 3.8) is 0 Å². The first-order valence-electron chi connectivity index (χ1n) is 7.29. The molecule has 1 aromatic rings. The summed E-state index contributed by atoms with van der Waals surface area (Å²) in [5, 5.41) is 2.87. The van der Waals surface area contributed by atoms with Crippen LogP contribution < -0.4 is 5.32 Å². The Hall–Kier alpha value is -2.17. The lowest BCUT2D eigenvalue weighted by Crippen LogP contribution is -2.34. The number of benzene rings is 1. The molecule has 0 saturated heterocycles. The van der Waals surface area contributed by atoms with E-state index in [0.717, 1.165) is 6.42 Å². The Balaban J connectivity index is 1.87. The molecular formula is C16H20N2O3. The van der Waals surface area contributed by atoms with Gasteiger partial charge in [0.1, 0.15) is 0 Å².